The third-order valence-corrected chi connectivity index (χ3v) is 5.15. The number of carboxylic acid groups (broad SMARTS) is 1. The Hall–Kier alpha value is -1.44. The standard InChI is InChI=1S/C14H20N2O4S/c17-14(18)11-13(12-7-3-1-4-8-12)15-21(19,20)16-9-5-2-6-10-16/h1,3-4,7-8,13,15H,2,5-6,9-11H2,(H,17,18). The van der Waals surface area contributed by atoms with E-state index < -0.39 is 22.2 Å². The molecule has 1 aromatic rings. The first-order chi connectivity index (χ1) is 9.99. The summed E-state index contributed by atoms with van der Waals surface area (Å²) in [4.78, 5) is 11.0. The van der Waals surface area contributed by atoms with Gasteiger partial charge < -0.3 is 5.11 Å². The third kappa shape index (κ3) is 4.52. The zero-order chi connectivity index (χ0) is 15.3. The fraction of sp³-hybridized carbons (Fsp3) is 0.500. The normalized spacial score (nSPS) is 18.3. The van der Waals surface area contributed by atoms with Gasteiger partial charge in [0, 0.05) is 13.1 Å². The summed E-state index contributed by atoms with van der Waals surface area (Å²) in [6, 6.07) is 8.04. The Morgan fingerprint density at radius 3 is 2.38 bits per heavy atom. The highest BCUT2D eigenvalue weighted by atomic mass is 32.2. The first-order valence-electron chi connectivity index (χ1n) is 7.03. The van der Waals surface area contributed by atoms with E-state index in [0.717, 1.165) is 19.3 Å². The Bertz CT molecular complexity index is 568. The molecule has 7 heteroatoms. The Balaban J connectivity index is 2.16. The van der Waals surface area contributed by atoms with Gasteiger partial charge in [-0.2, -0.15) is 17.4 Å². The Morgan fingerprint density at radius 1 is 1.19 bits per heavy atom. The molecular weight excluding hydrogens is 292 g/mol. The van der Waals surface area contributed by atoms with Crippen molar-refractivity contribution in [2.45, 2.75) is 31.7 Å². The van der Waals surface area contributed by atoms with Crippen LogP contribution >= 0.6 is 0 Å². The van der Waals surface area contributed by atoms with Crippen LogP contribution in [0.1, 0.15) is 37.3 Å². The van der Waals surface area contributed by atoms with Crippen LogP contribution in [0.3, 0.4) is 0 Å². The van der Waals surface area contributed by atoms with E-state index in [2.05, 4.69) is 4.72 Å². The number of nitrogens with one attached hydrogen (secondary N) is 1. The van der Waals surface area contributed by atoms with Crippen molar-refractivity contribution >= 4 is 16.2 Å². The SMILES string of the molecule is O=C(O)CC(NS(=O)(=O)N1CCCCC1)c1ccccc1. The smallest absolute Gasteiger partial charge is 0.305 e. The molecule has 0 aliphatic carbocycles. The number of carbonyl (C=O) groups is 1. The van der Waals surface area contributed by atoms with E-state index in [9.17, 15) is 13.2 Å². The third-order valence-electron chi connectivity index (χ3n) is 3.53. The maximum Gasteiger partial charge on any atom is 0.305 e. The molecular formula is C14H20N2O4S. The lowest BCUT2D eigenvalue weighted by Crippen LogP contribution is -2.45. The van der Waals surface area contributed by atoms with Gasteiger partial charge in [0.25, 0.3) is 10.2 Å². The van der Waals surface area contributed by atoms with Crippen molar-refractivity contribution in [2.75, 3.05) is 13.1 Å². The Morgan fingerprint density at radius 2 is 1.81 bits per heavy atom. The minimum Gasteiger partial charge on any atom is -0.481 e. The fourth-order valence-electron chi connectivity index (χ4n) is 2.45. The molecule has 0 amide bonds. The van der Waals surface area contributed by atoms with Crippen LogP contribution in [-0.2, 0) is 15.0 Å². The second kappa shape index (κ2) is 7.02. The predicted molar refractivity (Wildman–Crippen MR) is 78.9 cm³/mol. The van der Waals surface area contributed by atoms with Gasteiger partial charge in [-0.1, -0.05) is 36.8 Å². The quantitative estimate of drug-likeness (QED) is 0.834. The van der Waals surface area contributed by atoms with Gasteiger partial charge in [-0.3, -0.25) is 4.79 Å². The molecule has 21 heavy (non-hydrogen) atoms. The van der Waals surface area contributed by atoms with Crippen LogP contribution in [0.15, 0.2) is 30.3 Å². The molecule has 0 radical (unpaired) electrons. The maximum absolute atomic E-state index is 12.4. The predicted octanol–water partition coefficient (Wildman–Crippen LogP) is 1.52. The van der Waals surface area contributed by atoms with Crippen LogP contribution < -0.4 is 4.72 Å². The van der Waals surface area contributed by atoms with E-state index >= 15 is 0 Å². The lowest BCUT2D eigenvalue weighted by Gasteiger charge is -2.28. The average Bonchev–Trinajstić information content (AvgIpc) is 2.48. The first kappa shape index (κ1) is 15.9. The number of hydrogen-bond donors (Lipinski definition) is 2. The van der Waals surface area contributed by atoms with Gasteiger partial charge in [0.1, 0.15) is 0 Å². The van der Waals surface area contributed by atoms with Gasteiger partial charge in [0.05, 0.1) is 12.5 Å². The monoisotopic (exact) mass is 312 g/mol. The number of hydrogen-bond acceptors (Lipinski definition) is 3. The largest absolute Gasteiger partial charge is 0.481 e. The molecule has 0 aromatic heterocycles. The molecule has 116 valence electrons. The molecule has 1 aromatic carbocycles. The lowest BCUT2D eigenvalue weighted by atomic mass is 10.1. The summed E-state index contributed by atoms with van der Waals surface area (Å²) in [5.74, 6) is -1.04. The van der Waals surface area contributed by atoms with Crippen LogP contribution in [0.2, 0.25) is 0 Å². The van der Waals surface area contributed by atoms with Gasteiger partial charge in [-0.25, -0.2) is 0 Å². The van der Waals surface area contributed by atoms with E-state index in [1.165, 1.54) is 4.31 Å². The minimum absolute atomic E-state index is 0.281. The summed E-state index contributed by atoms with van der Waals surface area (Å²) in [7, 11) is -3.66. The number of benzene rings is 1. The molecule has 6 nitrogen and oxygen atoms in total. The minimum atomic E-state index is -3.66. The molecule has 1 aliphatic heterocycles. The van der Waals surface area contributed by atoms with E-state index in [4.69, 9.17) is 5.11 Å². The second-order valence-electron chi connectivity index (χ2n) is 5.14. The molecule has 2 N–H and O–H groups in total. The van der Waals surface area contributed by atoms with Crippen LogP contribution in [-0.4, -0.2) is 36.9 Å². The summed E-state index contributed by atoms with van der Waals surface area (Å²) in [6.07, 6.45) is 2.44. The summed E-state index contributed by atoms with van der Waals surface area (Å²) in [6.45, 7) is 0.980. The van der Waals surface area contributed by atoms with Gasteiger partial charge in [0.2, 0.25) is 0 Å². The summed E-state index contributed by atoms with van der Waals surface area (Å²) >= 11 is 0. The van der Waals surface area contributed by atoms with E-state index in [1.54, 1.807) is 30.3 Å². The number of nitrogens with zero attached hydrogens (tertiary/aromatic N) is 1. The van der Waals surface area contributed by atoms with Crippen molar-refractivity contribution in [3.8, 4) is 0 Å². The molecule has 0 bridgehead atoms. The van der Waals surface area contributed by atoms with Crippen molar-refractivity contribution < 1.29 is 18.3 Å². The topological polar surface area (TPSA) is 86.7 Å². The highest BCUT2D eigenvalue weighted by molar-refractivity contribution is 7.87. The molecule has 1 unspecified atom stereocenters. The number of rotatable bonds is 6. The van der Waals surface area contributed by atoms with E-state index in [0.29, 0.717) is 18.7 Å². The van der Waals surface area contributed by atoms with E-state index in [-0.39, 0.29) is 6.42 Å². The molecule has 2 rings (SSSR count). The van der Waals surface area contributed by atoms with Crippen molar-refractivity contribution in [1.82, 2.24) is 9.03 Å². The number of carboxylic acids is 1. The zero-order valence-corrected chi connectivity index (χ0v) is 12.6. The highest BCUT2D eigenvalue weighted by Crippen LogP contribution is 2.20. The summed E-state index contributed by atoms with van der Waals surface area (Å²) in [5.41, 5.74) is 0.653. The molecule has 1 fully saturated rings. The van der Waals surface area contributed by atoms with Crippen LogP contribution in [0.5, 0.6) is 0 Å². The van der Waals surface area contributed by atoms with Crippen molar-refractivity contribution in [1.29, 1.82) is 0 Å². The Labute approximate surface area is 125 Å². The molecule has 0 spiro atoms. The Kier molecular flexibility index (Phi) is 5.33. The second-order valence-corrected chi connectivity index (χ2v) is 6.85. The van der Waals surface area contributed by atoms with Crippen LogP contribution in [0.25, 0.3) is 0 Å². The maximum atomic E-state index is 12.4. The van der Waals surface area contributed by atoms with Gasteiger partial charge in [-0.05, 0) is 18.4 Å². The zero-order valence-electron chi connectivity index (χ0n) is 11.7. The fourth-order valence-corrected chi connectivity index (χ4v) is 3.91. The molecule has 0 saturated carbocycles. The van der Waals surface area contributed by atoms with Crippen LogP contribution in [0, 0.1) is 0 Å². The van der Waals surface area contributed by atoms with Gasteiger partial charge >= 0.3 is 5.97 Å². The lowest BCUT2D eigenvalue weighted by molar-refractivity contribution is -0.137. The molecule has 1 heterocycles. The van der Waals surface area contributed by atoms with Crippen LogP contribution in [0.4, 0.5) is 0 Å². The molecule has 1 aliphatic rings. The van der Waals surface area contributed by atoms with Crippen molar-refractivity contribution in [3.05, 3.63) is 35.9 Å². The number of aliphatic carboxylic acids is 1. The highest BCUT2D eigenvalue weighted by Gasteiger charge is 2.28. The molecule has 1 atom stereocenters. The van der Waals surface area contributed by atoms with Crippen molar-refractivity contribution in [3.63, 3.8) is 0 Å². The number of piperidine rings is 1. The van der Waals surface area contributed by atoms with Crippen molar-refractivity contribution in [2.24, 2.45) is 0 Å². The average molecular weight is 312 g/mol. The van der Waals surface area contributed by atoms with Gasteiger partial charge in [-0.15, -0.1) is 0 Å². The van der Waals surface area contributed by atoms with Gasteiger partial charge in [0.15, 0.2) is 0 Å². The first-order valence-corrected chi connectivity index (χ1v) is 8.47. The summed E-state index contributed by atoms with van der Waals surface area (Å²) < 4.78 is 28.7. The summed E-state index contributed by atoms with van der Waals surface area (Å²) in [5, 5.41) is 9.00. The molecule has 1 saturated heterocycles. The van der Waals surface area contributed by atoms with E-state index in [1.807, 2.05) is 0 Å².